The Kier molecular flexibility index (Phi) is 4.51. The van der Waals surface area contributed by atoms with Crippen molar-refractivity contribution in [1.82, 2.24) is 10.2 Å². The first-order valence-electron chi connectivity index (χ1n) is 4.88. The molecule has 6 heteroatoms. The van der Waals surface area contributed by atoms with Crippen LogP contribution in [-0.4, -0.2) is 37.4 Å². The monoisotopic (exact) mass is 256 g/mol. The molecule has 0 radical (unpaired) electrons. The molecule has 0 spiro atoms. The van der Waals surface area contributed by atoms with Crippen LogP contribution in [0.4, 0.5) is 4.39 Å². The molecule has 0 saturated heterocycles. The van der Waals surface area contributed by atoms with Gasteiger partial charge < -0.3 is 10.2 Å². The fourth-order valence-electron chi connectivity index (χ4n) is 1.07. The van der Waals surface area contributed by atoms with Crippen molar-refractivity contribution in [3.63, 3.8) is 0 Å². The van der Waals surface area contributed by atoms with Crippen molar-refractivity contribution in [3.05, 3.63) is 29.6 Å². The first kappa shape index (κ1) is 13.5. The second-order valence-corrected chi connectivity index (χ2v) is 4.12. The second kappa shape index (κ2) is 5.67. The highest BCUT2D eigenvalue weighted by Gasteiger charge is 2.10. The molecule has 1 aromatic rings. The maximum absolute atomic E-state index is 12.9. The molecule has 0 aliphatic rings. The topological polar surface area (TPSA) is 49.4 Å². The van der Waals surface area contributed by atoms with E-state index in [0.717, 1.165) is 6.07 Å². The number of benzene rings is 1. The minimum atomic E-state index is -0.491. The molecule has 2 amide bonds. The van der Waals surface area contributed by atoms with Crippen molar-refractivity contribution in [3.8, 4) is 0 Å². The zero-order valence-electron chi connectivity index (χ0n) is 9.53. The van der Waals surface area contributed by atoms with Crippen LogP contribution in [0.2, 0.25) is 0 Å². The van der Waals surface area contributed by atoms with Gasteiger partial charge in [0.2, 0.25) is 5.91 Å². The number of hydrogen-bond acceptors (Lipinski definition) is 3. The molecule has 0 aliphatic carbocycles. The van der Waals surface area contributed by atoms with E-state index in [-0.39, 0.29) is 22.9 Å². The first-order valence-corrected chi connectivity index (χ1v) is 5.33. The second-order valence-electron chi connectivity index (χ2n) is 3.64. The summed E-state index contributed by atoms with van der Waals surface area (Å²) in [6, 6.07) is 3.81. The van der Waals surface area contributed by atoms with Crippen molar-refractivity contribution < 1.29 is 14.0 Å². The molecule has 0 aromatic heterocycles. The van der Waals surface area contributed by atoms with Crippen LogP contribution in [0, 0.1) is 5.82 Å². The Morgan fingerprint density at radius 1 is 1.41 bits per heavy atom. The molecule has 17 heavy (non-hydrogen) atoms. The predicted octanol–water partition coefficient (Wildman–Crippen LogP) is 0.932. The molecule has 0 unspecified atom stereocenters. The fourth-order valence-corrected chi connectivity index (χ4v) is 1.28. The van der Waals surface area contributed by atoms with Crippen LogP contribution in [0.15, 0.2) is 23.1 Å². The van der Waals surface area contributed by atoms with Gasteiger partial charge in [-0.1, -0.05) is 0 Å². The van der Waals surface area contributed by atoms with Crippen molar-refractivity contribution in [2.24, 2.45) is 0 Å². The quantitative estimate of drug-likeness (QED) is 0.791. The number of nitrogens with one attached hydrogen (secondary N) is 1. The van der Waals surface area contributed by atoms with Gasteiger partial charge in [0.05, 0.1) is 6.54 Å². The maximum atomic E-state index is 12.9. The van der Waals surface area contributed by atoms with Gasteiger partial charge in [-0.05, 0) is 18.2 Å². The van der Waals surface area contributed by atoms with Crippen LogP contribution in [0.3, 0.4) is 0 Å². The van der Waals surface area contributed by atoms with Gasteiger partial charge in [-0.15, -0.1) is 12.6 Å². The Morgan fingerprint density at radius 2 is 2.06 bits per heavy atom. The molecular formula is C11H13FN2O2S. The Morgan fingerprint density at radius 3 is 2.59 bits per heavy atom. The summed E-state index contributed by atoms with van der Waals surface area (Å²) < 4.78 is 12.9. The highest BCUT2D eigenvalue weighted by Crippen LogP contribution is 2.13. The van der Waals surface area contributed by atoms with Crippen molar-refractivity contribution in [1.29, 1.82) is 0 Å². The van der Waals surface area contributed by atoms with Gasteiger partial charge in [0.15, 0.2) is 0 Å². The molecule has 0 atom stereocenters. The third kappa shape index (κ3) is 3.74. The molecule has 0 saturated carbocycles. The number of halogens is 1. The Bertz CT molecular complexity index is 449. The molecule has 0 bridgehead atoms. The summed E-state index contributed by atoms with van der Waals surface area (Å²) in [6.07, 6.45) is 0. The largest absolute Gasteiger partial charge is 0.347 e. The lowest BCUT2D eigenvalue weighted by molar-refractivity contribution is -0.127. The molecule has 92 valence electrons. The van der Waals surface area contributed by atoms with E-state index < -0.39 is 11.7 Å². The minimum Gasteiger partial charge on any atom is -0.347 e. The summed E-state index contributed by atoms with van der Waals surface area (Å²) in [5, 5.41) is 2.44. The Balaban J connectivity index is 2.64. The lowest BCUT2D eigenvalue weighted by atomic mass is 10.2. The van der Waals surface area contributed by atoms with Gasteiger partial charge >= 0.3 is 0 Å². The third-order valence-corrected chi connectivity index (χ3v) is 2.45. The van der Waals surface area contributed by atoms with Gasteiger partial charge in [0.1, 0.15) is 5.82 Å². The number of thiol groups is 1. The van der Waals surface area contributed by atoms with Gasteiger partial charge in [-0.25, -0.2) is 4.39 Å². The average molecular weight is 256 g/mol. The van der Waals surface area contributed by atoms with Gasteiger partial charge in [-0.3, -0.25) is 9.59 Å². The average Bonchev–Trinajstić information content (AvgIpc) is 2.28. The number of carbonyl (C=O) groups is 2. The molecule has 0 fully saturated rings. The summed E-state index contributed by atoms with van der Waals surface area (Å²) in [5.41, 5.74) is 0.267. The van der Waals surface area contributed by atoms with E-state index in [9.17, 15) is 14.0 Å². The van der Waals surface area contributed by atoms with Crippen LogP contribution in [0.5, 0.6) is 0 Å². The first-order chi connectivity index (χ1) is 7.91. The van der Waals surface area contributed by atoms with Gasteiger partial charge in [0, 0.05) is 24.6 Å². The summed E-state index contributed by atoms with van der Waals surface area (Å²) in [7, 11) is 3.19. The number of carbonyl (C=O) groups excluding carboxylic acids is 2. The molecule has 0 aliphatic heterocycles. The van der Waals surface area contributed by atoms with Crippen LogP contribution in [-0.2, 0) is 4.79 Å². The highest BCUT2D eigenvalue weighted by atomic mass is 32.1. The minimum absolute atomic E-state index is 0.0921. The highest BCUT2D eigenvalue weighted by molar-refractivity contribution is 7.80. The smallest absolute Gasteiger partial charge is 0.251 e. The molecular weight excluding hydrogens is 243 g/mol. The summed E-state index contributed by atoms with van der Waals surface area (Å²) in [5.74, 6) is -1.14. The van der Waals surface area contributed by atoms with E-state index in [1.54, 1.807) is 14.1 Å². The Hall–Kier alpha value is -1.56. The molecule has 1 N–H and O–H groups in total. The van der Waals surface area contributed by atoms with Crippen LogP contribution in [0.25, 0.3) is 0 Å². The zero-order valence-corrected chi connectivity index (χ0v) is 10.4. The van der Waals surface area contributed by atoms with Crippen molar-refractivity contribution in [2.45, 2.75) is 4.90 Å². The summed E-state index contributed by atoms with van der Waals surface area (Å²) >= 11 is 3.87. The lowest BCUT2D eigenvalue weighted by Crippen LogP contribution is -2.36. The van der Waals surface area contributed by atoms with Gasteiger partial charge in [0.25, 0.3) is 5.91 Å². The standard InChI is InChI=1S/C11H13FN2O2S/c1-14(2)10(15)6-13-11(16)7-3-4-8(12)9(17)5-7/h3-5,17H,6H2,1-2H3,(H,13,16). The van der Waals surface area contributed by atoms with Gasteiger partial charge in [-0.2, -0.15) is 0 Å². The van der Waals surface area contributed by atoms with Crippen molar-refractivity contribution >= 4 is 24.4 Å². The van der Waals surface area contributed by atoms with E-state index in [1.807, 2.05) is 0 Å². The van der Waals surface area contributed by atoms with Crippen LogP contribution < -0.4 is 5.32 Å². The van der Waals surface area contributed by atoms with E-state index in [1.165, 1.54) is 17.0 Å². The summed E-state index contributed by atoms with van der Waals surface area (Å²) in [4.78, 5) is 24.3. The lowest BCUT2D eigenvalue weighted by Gasteiger charge is -2.11. The number of hydrogen-bond donors (Lipinski definition) is 2. The maximum Gasteiger partial charge on any atom is 0.251 e. The van der Waals surface area contributed by atoms with Crippen LogP contribution in [0.1, 0.15) is 10.4 Å². The molecule has 0 heterocycles. The number of likely N-dealkylation sites (N-methyl/N-ethyl adjacent to an activating group) is 1. The number of amides is 2. The Labute approximate surface area is 104 Å². The van der Waals surface area contributed by atoms with Crippen LogP contribution >= 0.6 is 12.6 Å². The molecule has 4 nitrogen and oxygen atoms in total. The van der Waals surface area contributed by atoms with E-state index in [4.69, 9.17) is 0 Å². The summed E-state index contributed by atoms with van der Waals surface area (Å²) in [6.45, 7) is -0.0921. The molecule has 1 rings (SSSR count). The van der Waals surface area contributed by atoms with E-state index in [0.29, 0.717) is 0 Å². The zero-order chi connectivity index (χ0) is 13.0. The number of nitrogens with zero attached hydrogens (tertiary/aromatic N) is 1. The van der Waals surface area contributed by atoms with E-state index >= 15 is 0 Å². The third-order valence-electron chi connectivity index (χ3n) is 2.11. The number of rotatable bonds is 3. The van der Waals surface area contributed by atoms with E-state index in [2.05, 4.69) is 17.9 Å². The predicted molar refractivity (Wildman–Crippen MR) is 64.7 cm³/mol. The fraction of sp³-hybridized carbons (Fsp3) is 0.273. The normalized spacial score (nSPS) is 9.88. The molecule has 1 aromatic carbocycles. The SMILES string of the molecule is CN(C)C(=O)CNC(=O)c1ccc(F)c(S)c1. The van der Waals surface area contributed by atoms with Crippen molar-refractivity contribution in [2.75, 3.05) is 20.6 Å².